The van der Waals surface area contributed by atoms with Gasteiger partial charge in [0, 0.05) is 72.8 Å². The molecule has 248 valence electrons. The highest BCUT2D eigenvalue weighted by atomic mass is 32.2. The van der Waals surface area contributed by atoms with Crippen molar-refractivity contribution in [1.82, 2.24) is 0 Å². The van der Waals surface area contributed by atoms with Crippen molar-refractivity contribution in [1.29, 1.82) is 0 Å². The number of hydrogen-bond acceptors (Lipinski definition) is 7. The molecule has 0 N–H and O–H groups in total. The summed E-state index contributed by atoms with van der Waals surface area (Å²) in [6.45, 7) is -5.95. The quantitative estimate of drug-likeness (QED) is 0.0623. The third-order valence-corrected chi connectivity index (χ3v) is 8.93. The molecule has 0 fully saturated rings. The smallest absolute Gasteiger partial charge is 0.445 e. The molecule has 0 unspecified atom stereocenters. The summed E-state index contributed by atoms with van der Waals surface area (Å²) >= 11 is 0. The van der Waals surface area contributed by atoms with Crippen LogP contribution in [0.3, 0.4) is 0 Å². The number of nitro benzene ring substituents is 3. The molecule has 0 atom stereocenters. The lowest BCUT2D eigenvalue weighted by Crippen LogP contribution is -2.36. The van der Waals surface area contributed by atoms with Gasteiger partial charge in [-0.15, -0.1) is 5.46 Å². The molecule has 4 aromatic rings. The highest BCUT2D eigenvalue weighted by Gasteiger charge is 2.40. The van der Waals surface area contributed by atoms with E-state index in [0.29, 0.717) is 0 Å². The Bertz CT molecular complexity index is 1620. The van der Waals surface area contributed by atoms with Crippen LogP contribution in [0.4, 0.5) is 56.4 Å². The minimum atomic E-state index is -5.95. The lowest BCUT2D eigenvalue weighted by Gasteiger charge is -2.19. The molecular weight excluding hydrogens is 680 g/mol. The second kappa shape index (κ2) is 13.2. The van der Waals surface area contributed by atoms with E-state index in [1.807, 2.05) is 0 Å². The molecule has 21 heteroatoms. The van der Waals surface area contributed by atoms with Gasteiger partial charge in [0.25, 0.3) is 17.1 Å². The third kappa shape index (κ3) is 8.48. The van der Waals surface area contributed by atoms with Crippen LogP contribution in [0.25, 0.3) is 0 Å². The van der Waals surface area contributed by atoms with Crippen molar-refractivity contribution in [2.45, 2.75) is 27.0 Å². The molecule has 10 nitrogen and oxygen atoms in total. The van der Waals surface area contributed by atoms with Crippen LogP contribution < -0.4 is 5.46 Å². The molecule has 0 aliphatic carbocycles. The van der Waals surface area contributed by atoms with Crippen LogP contribution in [0.2, 0.25) is 0 Å². The van der Waals surface area contributed by atoms with Gasteiger partial charge in [-0.25, -0.2) is 0 Å². The largest absolute Gasteiger partial charge is 0.509 e. The number of hydrogen-bond donors (Lipinski definition) is 0. The standard InChI is InChI=1S/C18H12N3O7S.C8H3BF9/c22-19(23)13-1-7-16(8-2-13)29(28,17-9-3-14(4-10-17)20(24)25)18-11-5-15(6-12-18)21(26)27;10-7(11,12)4-1-5(8(13,14)15)3-6(2-4)9(16,17)18/h1-12H;1-3H/q+1;-1. The number of nitro groups is 3. The summed E-state index contributed by atoms with van der Waals surface area (Å²) in [5.74, 6) is 0. The highest BCUT2D eigenvalue weighted by Crippen LogP contribution is 2.39. The SMILES string of the molecule is F[B-](F)(F)c1cc(C(F)(F)F)cc(C(F)(F)F)c1.O=[N+]([O-])c1ccc([S+](=O)(c2ccc([N+](=O)[O-])cc2)c2ccc([N+](=O)[O-])cc2)cc1. The minimum Gasteiger partial charge on any atom is -0.445 e. The molecule has 0 saturated carbocycles. The van der Waals surface area contributed by atoms with Crippen LogP contribution in [-0.4, -0.2) is 21.7 Å². The number of non-ortho nitro benzene ring substituents is 3. The molecule has 0 spiro atoms. The maximum Gasteiger partial charge on any atom is 0.509 e. The van der Waals surface area contributed by atoms with E-state index in [4.69, 9.17) is 0 Å². The van der Waals surface area contributed by atoms with E-state index in [1.54, 1.807) is 0 Å². The monoisotopic (exact) mass is 695 g/mol. The fourth-order valence-corrected chi connectivity index (χ4v) is 6.23. The third-order valence-electron chi connectivity index (χ3n) is 6.13. The predicted octanol–water partition coefficient (Wildman–Crippen LogP) is 8.17. The van der Waals surface area contributed by atoms with Crippen molar-refractivity contribution >= 4 is 39.4 Å². The van der Waals surface area contributed by atoms with Crippen molar-refractivity contribution in [3.05, 3.63) is 132 Å². The van der Waals surface area contributed by atoms with E-state index in [9.17, 15) is 73.8 Å². The predicted molar refractivity (Wildman–Crippen MR) is 147 cm³/mol. The number of halogens is 9. The van der Waals surface area contributed by atoms with Crippen LogP contribution >= 0.6 is 0 Å². The molecule has 0 radical (unpaired) electrons. The van der Waals surface area contributed by atoms with Crippen LogP contribution in [-0.2, 0) is 26.5 Å². The molecule has 0 amide bonds. The van der Waals surface area contributed by atoms with Gasteiger partial charge in [-0.05, 0) is 6.07 Å². The van der Waals surface area contributed by atoms with Crippen LogP contribution in [0.5, 0.6) is 0 Å². The van der Waals surface area contributed by atoms with Crippen molar-refractivity contribution < 1.29 is 58.3 Å². The maximum atomic E-state index is 14.1. The fraction of sp³-hybridized carbons (Fsp3) is 0.0769. The molecule has 4 rings (SSSR count). The molecule has 0 saturated heterocycles. The second-order valence-corrected chi connectivity index (χ2v) is 11.7. The number of alkyl halides is 6. The van der Waals surface area contributed by atoms with Gasteiger partial charge in [0.2, 0.25) is 0 Å². The van der Waals surface area contributed by atoms with E-state index < -0.39 is 60.6 Å². The Balaban J connectivity index is 0.000000287. The average Bonchev–Trinajstić information content (AvgIpc) is 2.99. The summed E-state index contributed by atoms with van der Waals surface area (Å²) in [5.41, 5.74) is -6.47. The van der Waals surface area contributed by atoms with E-state index in [0.717, 1.165) is 0 Å². The van der Waals surface area contributed by atoms with Gasteiger partial charge < -0.3 is 12.9 Å². The second-order valence-electron chi connectivity index (χ2n) is 9.22. The van der Waals surface area contributed by atoms with Crippen molar-refractivity contribution in [3.8, 4) is 0 Å². The summed E-state index contributed by atoms with van der Waals surface area (Å²) in [7, 11) is -3.22. The van der Waals surface area contributed by atoms with Crippen molar-refractivity contribution in [2.75, 3.05) is 0 Å². The van der Waals surface area contributed by atoms with Gasteiger partial charge in [-0.2, -0.15) is 26.3 Å². The average molecular weight is 695 g/mol. The van der Waals surface area contributed by atoms with Gasteiger partial charge in [-0.1, -0.05) is 16.3 Å². The topological polar surface area (TPSA) is 146 Å². The molecule has 0 aliphatic heterocycles. The number of nitrogens with zero attached hydrogens (tertiary/aromatic N) is 3. The lowest BCUT2D eigenvalue weighted by molar-refractivity contribution is -0.385. The Morgan fingerprint density at radius 3 is 0.957 bits per heavy atom. The molecule has 0 aromatic heterocycles. The summed E-state index contributed by atoms with van der Waals surface area (Å²) in [5, 5.41) is 32.7. The Morgan fingerprint density at radius 1 is 0.511 bits per heavy atom. The molecule has 0 bridgehead atoms. The van der Waals surface area contributed by atoms with Crippen LogP contribution in [0.15, 0.2) is 106 Å². The first-order valence-corrected chi connectivity index (χ1v) is 13.9. The van der Waals surface area contributed by atoms with E-state index in [2.05, 4.69) is 0 Å². The van der Waals surface area contributed by atoms with Gasteiger partial charge in [0.1, 0.15) is 0 Å². The zero-order valence-electron chi connectivity index (χ0n) is 22.7. The molecule has 47 heavy (non-hydrogen) atoms. The van der Waals surface area contributed by atoms with Crippen molar-refractivity contribution in [2.24, 2.45) is 0 Å². The zero-order chi connectivity index (χ0) is 35.5. The Kier molecular flexibility index (Phi) is 10.1. The van der Waals surface area contributed by atoms with Gasteiger partial charge in [0.05, 0.1) is 25.9 Å². The number of benzene rings is 4. The Morgan fingerprint density at radius 2 is 0.766 bits per heavy atom. The van der Waals surface area contributed by atoms with Crippen LogP contribution in [0, 0.1) is 30.3 Å². The van der Waals surface area contributed by atoms with Gasteiger partial charge >= 0.3 is 19.3 Å². The van der Waals surface area contributed by atoms with E-state index in [-0.39, 0.29) is 49.9 Å². The Labute approximate surface area is 257 Å². The van der Waals surface area contributed by atoms with E-state index >= 15 is 0 Å². The summed E-state index contributed by atoms with van der Waals surface area (Å²) in [6, 6.07) is 14.2. The lowest BCUT2D eigenvalue weighted by atomic mass is 9.78. The van der Waals surface area contributed by atoms with Gasteiger partial charge in [0.15, 0.2) is 24.6 Å². The van der Waals surface area contributed by atoms with E-state index in [1.165, 1.54) is 72.8 Å². The molecular formula is C26H15BF9N3O7S. The normalized spacial score (nSPS) is 12.1. The first-order valence-electron chi connectivity index (χ1n) is 12.3. The Hall–Kier alpha value is -5.34. The first-order chi connectivity index (χ1) is 21.5. The molecule has 0 heterocycles. The van der Waals surface area contributed by atoms with Crippen LogP contribution in [0.1, 0.15) is 11.1 Å². The highest BCUT2D eigenvalue weighted by molar-refractivity contribution is 8.03. The molecule has 0 aliphatic rings. The molecule has 4 aromatic carbocycles. The van der Waals surface area contributed by atoms with Crippen molar-refractivity contribution in [3.63, 3.8) is 0 Å². The summed E-state index contributed by atoms with van der Waals surface area (Å²) in [4.78, 5) is 31.6. The zero-order valence-corrected chi connectivity index (χ0v) is 23.6. The summed E-state index contributed by atoms with van der Waals surface area (Å²) in [6.07, 6.45) is -10.6. The first kappa shape index (κ1) is 36.1. The maximum absolute atomic E-state index is 14.1. The summed E-state index contributed by atoms with van der Waals surface area (Å²) < 4.78 is 124. The fourth-order valence-electron chi connectivity index (χ4n) is 3.85. The minimum absolute atomic E-state index is 0.192. The van der Waals surface area contributed by atoms with Gasteiger partial charge in [-0.3, -0.25) is 30.3 Å². The number of rotatable bonds is 7.